The van der Waals surface area contributed by atoms with E-state index in [2.05, 4.69) is 20.9 Å². The van der Waals surface area contributed by atoms with Crippen molar-refractivity contribution in [3.05, 3.63) is 34.9 Å². The molecule has 3 atom stereocenters. The van der Waals surface area contributed by atoms with E-state index in [1.165, 1.54) is 17.1 Å². The number of nitrogens with one attached hydrogen (secondary N) is 2. The SMILES string of the molecule is CC1CN2c3c(cc4c(-n5cc(Cl)cn5)noc4c3F)CC3(C(=O)NC(=O)NC3=O)C2C(C)O1. The van der Waals surface area contributed by atoms with Crippen molar-refractivity contribution in [3.8, 4) is 5.82 Å². The molecule has 0 radical (unpaired) electrons. The number of carbonyl (C=O) groups is 3. The lowest BCUT2D eigenvalue weighted by Gasteiger charge is -2.55. The fourth-order valence-corrected chi connectivity index (χ4v) is 5.65. The second-order valence-electron chi connectivity index (χ2n) is 8.82. The van der Waals surface area contributed by atoms with Gasteiger partial charge < -0.3 is 14.2 Å². The largest absolute Gasteiger partial charge is 0.372 e. The summed E-state index contributed by atoms with van der Waals surface area (Å²) in [5.41, 5.74) is -1.20. The van der Waals surface area contributed by atoms with Gasteiger partial charge in [0.05, 0.1) is 46.7 Å². The number of fused-ring (bicyclic) bond motifs is 5. The maximum absolute atomic E-state index is 16.0. The standard InChI is InChI=1S/C21H18ClFN6O5/c1-8-6-28-14-10(3-12-15(13(14)23)34-27-17(12)29-7-11(22)5-24-29)4-21(16(28)9(2)33-8)18(30)25-20(32)26-19(21)31/h3,5,7-9,16H,4,6H2,1-2H3,(H2,25,26,30,31,32). The van der Waals surface area contributed by atoms with Crippen LogP contribution in [-0.4, -0.2) is 57.6 Å². The molecule has 2 fully saturated rings. The van der Waals surface area contributed by atoms with E-state index in [1.54, 1.807) is 17.9 Å². The van der Waals surface area contributed by atoms with Crippen molar-refractivity contribution in [2.75, 3.05) is 11.4 Å². The number of urea groups is 1. The number of anilines is 1. The van der Waals surface area contributed by atoms with Crippen molar-refractivity contribution >= 4 is 46.1 Å². The number of imide groups is 2. The van der Waals surface area contributed by atoms with Crippen LogP contribution in [0, 0.1) is 11.2 Å². The van der Waals surface area contributed by atoms with Gasteiger partial charge in [0, 0.05) is 13.0 Å². The van der Waals surface area contributed by atoms with E-state index in [0.717, 1.165) is 0 Å². The molecular weight excluding hydrogens is 471 g/mol. The molecule has 0 aliphatic carbocycles. The highest BCUT2D eigenvalue weighted by molar-refractivity contribution is 6.30. The summed E-state index contributed by atoms with van der Waals surface area (Å²) in [6, 6.07) is -0.118. The Balaban J connectivity index is 1.60. The smallest absolute Gasteiger partial charge is 0.328 e. The number of ether oxygens (including phenoxy) is 1. The van der Waals surface area contributed by atoms with Crippen molar-refractivity contribution in [2.24, 2.45) is 5.41 Å². The summed E-state index contributed by atoms with van der Waals surface area (Å²) in [5.74, 6) is -1.97. The molecule has 11 nitrogen and oxygen atoms in total. The number of rotatable bonds is 1. The minimum atomic E-state index is -1.72. The van der Waals surface area contributed by atoms with Crippen molar-refractivity contribution in [3.63, 3.8) is 0 Å². The van der Waals surface area contributed by atoms with Crippen LogP contribution < -0.4 is 15.5 Å². The predicted octanol–water partition coefficient (Wildman–Crippen LogP) is 1.70. The maximum Gasteiger partial charge on any atom is 0.328 e. The lowest BCUT2D eigenvalue weighted by atomic mass is 9.66. The van der Waals surface area contributed by atoms with Gasteiger partial charge in [0.1, 0.15) is 0 Å². The highest BCUT2D eigenvalue weighted by Crippen LogP contribution is 2.49. The van der Waals surface area contributed by atoms with Gasteiger partial charge in [-0.05, 0) is 25.5 Å². The van der Waals surface area contributed by atoms with E-state index in [-0.39, 0.29) is 36.2 Å². The van der Waals surface area contributed by atoms with E-state index >= 15 is 4.39 Å². The van der Waals surface area contributed by atoms with Crippen LogP contribution in [0.2, 0.25) is 5.02 Å². The Bertz CT molecular complexity index is 1380. The van der Waals surface area contributed by atoms with Gasteiger partial charge in [0.25, 0.3) is 0 Å². The molecule has 1 spiro atoms. The van der Waals surface area contributed by atoms with Crippen LogP contribution >= 0.6 is 11.6 Å². The van der Waals surface area contributed by atoms with Gasteiger partial charge in [0.15, 0.2) is 11.2 Å². The fraction of sp³-hybridized carbons (Fsp3) is 0.381. The number of nitrogens with zero attached hydrogens (tertiary/aromatic N) is 4. The lowest BCUT2D eigenvalue weighted by molar-refractivity contribution is -0.153. The third-order valence-electron chi connectivity index (χ3n) is 6.71. The quantitative estimate of drug-likeness (QED) is 0.495. The molecule has 3 aliphatic rings. The highest BCUT2D eigenvalue weighted by atomic mass is 35.5. The second kappa shape index (κ2) is 7.00. The summed E-state index contributed by atoms with van der Waals surface area (Å²) in [4.78, 5) is 40.0. The zero-order valence-corrected chi connectivity index (χ0v) is 18.7. The van der Waals surface area contributed by atoms with Crippen molar-refractivity contribution in [1.29, 1.82) is 0 Å². The summed E-state index contributed by atoms with van der Waals surface area (Å²) < 4.78 is 28.6. The molecule has 0 bridgehead atoms. The maximum atomic E-state index is 16.0. The molecule has 3 aromatic rings. The van der Waals surface area contributed by atoms with E-state index in [4.69, 9.17) is 20.9 Å². The first-order valence-electron chi connectivity index (χ1n) is 10.6. The molecule has 5 heterocycles. The van der Waals surface area contributed by atoms with Crippen molar-refractivity contribution in [1.82, 2.24) is 25.6 Å². The lowest BCUT2D eigenvalue weighted by Crippen LogP contribution is -2.75. The first kappa shape index (κ1) is 21.1. The molecule has 2 N–H and O–H groups in total. The number of morpholine rings is 1. The van der Waals surface area contributed by atoms with Crippen LogP contribution in [0.3, 0.4) is 0 Å². The zero-order chi connectivity index (χ0) is 23.9. The molecule has 3 unspecified atom stereocenters. The Hall–Kier alpha value is -3.51. The molecule has 6 rings (SSSR count). The van der Waals surface area contributed by atoms with E-state index in [0.29, 0.717) is 16.0 Å². The molecule has 0 saturated carbocycles. The molecule has 34 heavy (non-hydrogen) atoms. The summed E-state index contributed by atoms with van der Waals surface area (Å²) in [7, 11) is 0. The number of benzene rings is 1. The summed E-state index contributed by atoms with van der Waals surface area (Å²) in [5, 5.41) is 13.1. The van der Waals surface area contributed by atoms with E-state index in [1.807, 2.05) is 6.92 Å². The van der Waals surface area contributed by atoms with E-state index in [9.17, 15) is 14.4 Å². The Labute approximate surface area is 196 Å². The summed E-state index contributed by atoms with van der Waals surface area (Å²) >= 11 is 5.97. The summed E-state index contributed by atoms with van der Waals surface area (Å²) in [6.45, 7) is 3.76. The van der Waals surface area contributed by atoms with Crippen LogP contribution in [-0.2, 0) is 20.7 Å². The molecule has 1 aromatic carbocycles. The monoisotopic (exact) mass is 488 g/mol. The number of carbonyl (C=O) groups excluding carboxylic acids is 3. The number of aromatic nitrogens is 3. The topological polar surface area (TPSA) is 132 Å². The van der Waals surface area contributed by atoms with Gasteiger partial charge in [-0.15, -0.1) is 0 Å². The number of amides is 4. The highest BCUT2D eigenvalue weighted by Gasteiger charge is 2.63. The predicted molar refractivity (Wildman–Crippen MR) is 115 cm³/mol. The third kappa shape index (κ3) is 2.69. The van der Waals surface area contributed by atoms with E-state index < -0.39 is 41.2 Å². The number of hydrogen-bond acceptors (Lipinski definition) is 8. The van der Waals surface area contributed by atoms with Gasteiger partial charge in [-0.25, -0.2) is 13.9 Å². The van der Waals surface area contributed by atoms with Gasteiger partial charge in [-0.2, -0.15) is 5.10 Å². The Morgan fingerprint density at radius 1 is 1.24 bits per heavy atom. The Morgan fingerprint density at radius 2 is 1.97 bits per heavy atom. The van der Waals surface area contributed by atoms with Gasteiger partial charge in [0.2, 0.25) is 23.2 Å². The number of halogens is 2. The van der Waals surface area contributed by atoms with Crippen molar-refractivity contribution < 1.29 is 28.0 Å². The molecule has 4 amide bonds. The van der Waals surface area contributed by atoms with Crippen LogP contribution in [0.1, 0.15) is 19.4 Å². The molecule has 3 aliphatic heterocycles. The second-order valence-corrected chi connectivity index (χ2v) is 9.26. The summed E-state index contributed by atoms with van der Waals surface area (Å²) in [6.07, 6.45) is 1.81. The number of hydrogen-bond donors (Lipinski definition) is 2. The minimum Gasteiger partial charge on any atom is -0.372 e. The van der Waals surface area contributed by atoms with Crippen LogP contribution in [0.5, 0.6) is 0 Å². The average Bonchev–Trinajstić information content (AvgIpc) is 3.37. The Morgan fingerprint density at radius 3 is 2.65 bits per heavy atom. The van der Waals surface area contributed by atoms with Crippen LogP contribution in [0.25, 0.3) is 16.8 Å². The average molecular weight is 489 g/mol. The third-order valence-corrected chi connectivity index (χ3v) is 6.91. The molecular formula is C21H18ClFN6O5. The van der Waals surface area contributed by atoms with Crippen LogP contribution in [0.15, 0.2) is 23.0 Å². The van der Waals surface area contributed by atoms with Crippen molar-refractivity contribution in [2.45, 2.75) is 38.5 Å². The van der Waals surface area contributed by atoms with Gasteiger partial charge >= 0.3 is 6.03 Å². The fourth-order valence-electron chi connectivity index (χ4n) is 5.52. The van der Waals surface area contributed by atoms with Crippen LogP contribution in [0.4, 0.5) is 14.9 Å². The normalized spacial score (nSPS) is 25.8. The number of barbiturate groups is 1. The molecule has 176 valence electrons. The zero-order valence-electron chi connectivity index (χ0n) is 18.0. The molecule has 2 aromatic heterocycles. The Kier molecular flexibility index (Phi) is 4.33. The first-order valence-corrected chi connectivity index (χ1v) is 11.0. The van der Waals surface area contributed by atoms with Gasteiger partial charge in [-0.3, -0.25) is 20.2 Å². The minimum absolute atomic E-state index is 0.0883. The molecule has 2 saturated heterocycles. The first-order chi connectivity index (χ1) is 16.2. The molecule has 13 heteroatoms. The van der Waals surface area contributed by atoms with Gasteiger partial charge in [-0.1, -0.05) is 16.8 Å².